The minimum Gasteiger partial charge on any atom is -0.376 e. The first-order valence-electron chi connectivity index (χ1n) is 7.02. The van der Waals surface area contributed by atoms with Gasteiger partial charge in [0.1, 0.15) is 0 Å². The van der Waals surface area contributed by atoms with Gasteiger partial charge >= 0.3 is 0 Å². The predicted octanol–water partition coefficient (Wildman–Crippen LogP) is 1.18. The van der Waals surface area contributed by atoms with Crippen molar-refractivity contribution in [1.82, 2.24) is 14.7 Å². The van der Waals surface area contributed by atoms with Crippen molar-refractivity contribution in [2.75, 3.05) is 32.6 Å². The van der Waals surface area contributed by atoms with Gasteiger partial charge in [-0.1, -0.05) is 6.42 Å². The van der Waals surface area contributed by atoms with Gasteiger partial charge in [0.2, 0.25) is 0 Å². The lowest BCUT2D eigenvalue weighted by Crippen LogP contribution is -2.37. The minimum absolute atomic E-state index is 0.00957. The topological polar surface area (TPSA) is 41.4 Å². The van der Waals surface area contributed by atoms with E-state index in [1.165, 1.54) is 25.8 Å². The SMILES string of the molecule is CN(C)c1cnn(CC[C@H]2CCCCN2C)c(=O)c1. The Hall–Kier alpha value is -1.36. The van der Waals surface area contributed by atoms with Crippen LogP contribution in [0.15, 0.2) is 17.1 Å². The van der Waals surface area contributed by atoms with Gasteiger partial charge in [-0.3, -0.25) is 4.79 Å². The second-order valence-corrected chi connectivity index (χ2v) is 5.59. The van der Waals surface area contributed by atoms with Crippen LogP contribution in [0.25, 0.3) is 0 Å². The van der Waals surface area contributed by atoms with Gasteiger partial charge in [0, 0.05) is 32.7 Å². The number of aryl methyl sites for hydroxylation is 1. The van der Waals surface area contributed by atoms with Crippen molar-refractivity contribution in [1.29, 1.82) is 0 Å². The molecule has 0 aromatic carbocycles. The maximum absolute atomic E-state index is 12.0. The van der Waals surface area contributed by atoms with E-state index >= 15 is 0 Å². The molecule has 1 fully saturated rings. The van der Waals surface area contributed by atoms with E-state index < -0.39 is 0 Å². The quantitative estimate of drug-likeness (QED) is 0.819. The molecule has 19 heavy (non-hydrogen) atoms. The smallest absolute Gasteiger partial charge is 0.268 e. The van der Waals surface area contributed by atoms with Crippen LogP contribution in [0, 0.1) is 0 Å². The third-order valence-electron chi connectivity index (χ3n) is 3.97. The summed E-state index contributed by atoms with van der Waals surface area (Å²) in [7, 11) is 6.00. The van der Waals surface area contributed by atoms with E-state index in [1.54, 1.807) is 16.9 Å². The van der Waals surface area contributed by atoms with Gasteiger partial charge in [0.05, 0.1) is 11.9 Å². The first-order chi connectivity index (χ1) is 9.08. The molecule has 5 nitrogen and oxygen atoms in total. The van der Waals surface area contributed by atoms with Crippen molar-refractivity contribution in [3.63, 3.8) is 0 Å². The van der Waals surface area contributed by atoms with Crippen molar-refractivity contribution in [3.05, 3.63) is 22.6 Å². The number of hydrogen-bond acceptors (Lipinski definition) is 4. The molecular weight excluding hydrogens is 240 g/mol. The number of piperidine rings is 1. The van der Waals surface area contributed by atoms with Crippen LogP contribution in [0.5, 0.6) is 0 Å². The number of rotatable bonds is 4. The monoisotopic (exact) mass is 264 g/mol. The van der Waals surface area contributed by atoms with Gasteiger partial charge in [0.25, 0.3) is 5.56 Å². The first kappa shape index (κ1) is 14.1. The lowest BCUT2D eigenvalue weighted by Gasteiger charge is -2.32. The second kappa shape index (κ2) is 6.19. The Morgan fingerprint density at radius 1 is 1.42 bits per heavy atom. The van der Waals surface area contributed by atoms with Crippen LogP contribution < -0.4 is 10.5 Å². The molecule has 1 aromatic heterocycles. The molecule has 1 atom stereocenters. The molecule has 2 heterocycles. The van der Waals surface area contributed by atoms with Crippen LogP contribution in [0.1, 0.15) is 25.7 Å². The molecule has 0 bridgehead atoms. The molecule has 0 N–H and O–H groups in total. The number of anilines is 1. The average molecular weight is 264 g/mol. The van der Waals surface area contributed by atoms with E-state index in [-0.39, 0.29) is 5.56 Å². The zero-order valence-electron chi connectivity index (χ0n) is 12.2. The first-order valence-corrected chi connectivity index (χ1v) is 7.02. The molecule has 0 unspecified atom stereocenters. The summed E-state index contributed by atoms with van der Waals surface area (Å²) in [4.78, 5) is 16.3. The summed E-state index contributed by atoms with van der Waals surface area (Å²) in [5.74, 6) is 0. The molecule has 1 aliphatic heterocycles. The van der Waals surface area contributed by atoms with Gasteiger partial charge in [-0.15, -0.1) is 0 Å². The van der Waals surface area contributed by atoms with Crippen LogP contribution in [-0.2, 0) is 6.54 Å². The van der Waals surface area contributed by atoms with Crippen LogP contribution in [-0.4, -0.2) is 48.4 Å². The molecular formula is C14H24N4O. The minimum atomic E-state index is -0.00957. The molecule has 0 radical (unpaired) electrons. The summed E-state index contributed by atoms with van der Waals surface area (Å²) < 4.78 is 1.58. The highest BCUT2D eigenvalue weighted by atomic mass is 16.1. The van der Waals surface area contributed by atoms with Gasteiger partial charge in [-0.25, -0.2) is 4.68 Å². The molecule has 0 amide bonds. The van der Waals surface area contributed by atoms with E-state index in [1.807, 2.05) is 19.0 Å². The Morgan fingerprint density at radius 2 is 2.21 bits per heavy atom. The summed E-state index contributed by atoms with van der Waals surface area (Å²) in [6.45, 7) is 1.88. The van der Waals surface area contributed by atoms with E-state index in [0.29, 0.717) is 12.6 Å². The van der Waals surface area contributed by atoms with Gasteiger partial charge < -0.3 is 9.80 Å². The van der Waals surface area contributed by atoms with Crippen molar-refractivity contribution in [3.8, 4) is 0 Å². The standard InChI is InChI=1S/C14H24N4O/c1-16(2)13-10-14(19)18(15-11-13)9-7-12-6-4-5-8-17(12)3/h10-12H,4-9H2,1-3H3/t12-/m1/s1. The number of aromatic nitrogens is 2. The van der Waals surface area contributed by atoms with E-state index in [2.05, 4.69) is 17.0 Å². The van der Waals surface area contributed by atoms with Gasteiger partial charge in [-0.05, 0) is 32.9 Å². The highest BCUT2D eigenvalue weighted by molar-refractivity contribution is 5.40. The second-order valence-electron chi connectivity index (χ2n) is 5.59. The maximum Gasteiger partial charge on any atom is 0.268 e. The highest BCUT2D eigenvalue weighted by Crippen LogP contribution is 2.17. The van der Waals surface area contributed by atoms with Crippen molar-refractivity contribution >= 4 is 5.69 Å². The van der Waals surface area contributed by atoms with Crippen LogP contribution in [0.2, 0.25) is 0 Å². The summed E-state index contributed by atoms with van der Waals surface area (Å²) in [6.07, 6.45) is 6.59. The van der Waals surface area contributed by atoms with Crippen molar-refractivity contribution < 1.29 is 0 Å². The number of hydrogen-bond donors (Lipinski definition) is 0. The van der Waals surface area contributed by atoms with Crippen molar-refractivity contribution in [2.45, 2.75) is 38.3 Å². The van der Waals surface area contributed by atoms with Gasteiger partial charge in [0.15, 0.2) is 0 Å². The fourth-order valence-electron chi connectivity index (χ4n) is 2.62. The van der Waals surface area contributed by atoms with E-state index in [4.69, 9.17) is 0 Å². The summed E-state index contributed by atoms with van der Waals surface area (Å²) >= 11 is 0. The van der Waals surface area contributed by atoms with Gasteiger partial charge in [-0.2, -0.15) is 5.10 Å². The molecule has 1 saturated heterocycles. The normalized spacial score (nSPS) is 20.5. The predicted molar refractivity (Wildman–Crippen MR) is 77.7 cm³/mol. The fourth-order valence-corrected chi connectivity index (χ4v) is 2.62. The molecule has 2 rings (SSSR count). The Balaban J connectivity index is 1.97. The molecule has 0 saturated carbocycles. The molecule has 1 aromatic rings. The average Bonchev–Trinajstić information content (AvgIpc) is 2.39. The van der Waals surface area contributed by atoms with Crippen molar-refractivity contribution in [2.24, 2.45) is 0 Å². The molecule has 106 valence electrons. The zero-order valence-corrected chi connectivity index (χ0v) is 12.2. The lowest BCUT2D eigenvalue weighted by atomic mass is 10.0. The third kappa shape index (κ3) is 3.56. The summed E-state index contributed by atoms with van der Waals surface area (Å²) in [5.41, 5.74) is 0.848. The molecule has 1 aliphatic rings. The third-order valence-corrected chi connectivity index (χ3v) is 3.97. The Morgan fingerprint density at radius 3 is 2.84 bits per heavy atom. The Kier molecular flexibility index (Phi) is 4.58. The number of likely N-dealkylation sites (tertiary alicyclic amines) is 1. The summed E-state index contributed by atoms with van der Waals surface area (Å²) in [5, 5.41) is 4.25. The van der Waals surface area contributed by atoms with E-state index in [0.717, 1.165) is 12.1 Å². The molecule has 0 aliphatic carbocycles. The number of nitrogens with zero attached hydrogens (tertiary/aromatic N) is 4. The van der Waals surface area contributed by atoms with Crippen LogP contribution in [0.4, 0.5) is 5.69 Å². The Bertz CT molecular complexity index is 469. The van der Waals surface area contributed by atoms with Crippen LogP contribution >= 0.6 is 0 Å². The molecule has 0 spiro atoms. The maximum atomic E-state index is 12.0. The molecule has 5 heteroatoms. The zero-order chi connectivity index (χ0) is 13.8. The Labute approximate surface area is 114 Å². The highest BCUT2D eigenvalue weighted by Gasteiger charge is 2.18. The summed E-state index contributed by atoms with van der Waals surface area (Å²) in [6, 6.07) is 2.24. The fraction of sp³-hybridized carbons (Fsp3) is 0.714. The van der Waals surface area contributed by atoms with Crippen LogP contribution in [0.3, 0.4) is 0 Å². The lowest BCUT2D eigenvalue weighted by molar-refractivity contribution is 0.169. The van der Waals surface area contributed by atoms with E-state index in [9.17, 15) is 4.79 Å². The largest absolute Gasteiger partial charge is 0.376 e.